The lowest BCUT2D eigenvalue weighted by molar-refractivity contribution is -0.126. The molecule has 25 heavy (non-hydrogen) atoms. The summed E-state index contributed by atoms with van der Waals surface area (Å²) in [4.78, 5) is 18.2. The Morgan fingerprint density at radius 1 is 1.08 bits per heavy atom. The minimum absolute atomic E-state index is 0.0451. The highest BCUT2D eigenvalue weighted by Crippen LogP contribution is 2.28. The molecule has 138 valence electrons. The normalized spacial score (nSPS) is 21.8. The molecule has 3 rings (SSSR count). The lowest BCUT2D eigenvalue weighted by atomic mass is 10.2. The van der Waals surface area contributed by atoms with Crippen molar-refractivity contribution in [2.45, 2.75) is 12.8 Å². The summed E-state index contributed by atoms with van der Waals surface area (Å²) in [6, 6.07) is 8.18. The molecule has 0 aliphatic carbocycles. The Labute approximate surface area is 152 Å². The van der Waals surface area contributed by atoms with Crippen LogP contribution >= 0.6 is 0 Å². The summed E-state index contributed by atoms with van der Waals surface area (Å²) < 4.78 is 16.8. The lowest BCUT2D eigenvalue weighted by Gasteiger charge is -2.36. The largest absolute Gasteiger partial charge is 0.495 e. The van der Waals surface area contributed by atoms with E-state index in [1.807, 2.05) is 12.1 Å². The minimum atomic E-state index is -0.968. The monoisotopic (exact) mass is 365 g/mol. The zero-order chi connectivity index (χ0) is 17.6. The van der Waals surface area contributed by atoms with Gasteiger partial charge in [-0.15, -0.1) is 0 Å². The van der Waals surface area contributed by atoms with E-state index < -0.39 is 10.8 Å². The van der Waals surface area contributed by atoms with Crippen molar-refractivity contribution in [2.75, 3.05) is 62.9 Å². The second-order valence-electron chi connectivity index (χ2n) is 6.58. The molecule has 0 N–H and O–H groups in total. The number of hydrogen-bond acceptors (Lipinski definition) is 5. The second kappa shape index (κ2) is 8.67. The van der Waals surface area contributed by atoms with Gasteiger partial charge in [-0.3, -0.25) is 13.9 Å². The van der Waals surface area contributed by atoms with Crippen LogP contribution in [0.15, 0.2) is 24.3 Å². The van der Waals surface area contributed by atoms with E-state index in [2.05, 4.69) is 21.9 Å². The van der Waals surface area contributed by atoms with Gasteiger partial charge in [-0.05, 0) is 31.5 Å². The molecule has 7 heteroatoms. The van der Waals surface area contributed by atoms with Gasteiger partial charge in [-0.2, -0.15) is 0 Å². The van der Waals surface area contributed by atoms with Gasteiger partial charge in [-0.1, -0.05) is 12.1 Å². The van der Waals surface area contributed by atoms with Crippen molar-refractivity contribution >= 4 is 22.4 Å². The van der Waals surface area contributed by atoms with E-state index in [4.69, 9.17) is 4.74 Å². The van der Waals surface area contributed by atoms with Gasteiger partial charge in [-0.25, -0.2) is 0 Å². The van der Waals surface area contributed by atoms with Gasteiger partial charge in [0.25, 0.3) is 0 Å². The number of hydrogen-bond donors (Lipinski definition) is 0. The van der Waals surface area contributed by atoms with Crippen molar-refractivity contribution in [3.05, 3.63) is 24.3 Å². The number of unbranched alkanes of at least 4 members (excludes halogenated alkanes) is 1. The molecule has 1 aromatic carbocycles. The highest BCUT2D eigenvalue weighted by Gasteiger charge is 2.25. The van der Waals surface area contributed by atoms with Crippen LogP contribution in [-0.2, 0) is 15.6 Å². The Kier molecular flexibility index (Phi) is 6.31. The topological polar surface area (TPSA) is 53.1 Å². The Bertz CT molecular complexity index is 617. The fraction of sp³-hybridized carbons (Fsp3) is 0.611. The molecule has 1 atom stereocenters. The summed E-state index contributed by atoms with van der Waals surface area (Å²) in [6.45, 7) is 5.90. The molecule has 6 nitrogen and oxygen atoms in total. The number of piperazine rings is 1. The van der Waals surface area contributed by atoms with Crippen LogP contribution in [0, 0.1) is 0 Å². The standard InChI is InChI=1S/C18H27N3O3S/c1-24-17-7-3-2-6-16(17)20-12-10-19(11-13-20)8-4-5-9-21-15-25(23)14-18(21)22/h2-3,6-7H,4-5,8-15H2,1H3. The first kappa shape index (κ1) is 18.2. The minimum Gasteiger partial charge on any atom is -0.495 e. The molecule has 0 radical (unpaired) electrons. The van der Waals surface area contributed by atoms with Crippen molar-refractivity contribution in [3.8, 4) is 5.75 Å². The summed E-state index contributed by atoms with van der Waals surface area (Å²) in [5.74, 6) is 1.62. The first-order chi connectivity index (χ1) is 12.2. The molecule has 0 spiro atoms. The Hall–Kier alpha value is -1.60. The Balaban J connectivity index is 1.37. The van der Waals surface area contributed by atoms with Gasteiger partial charge in [0.15, 0.2) is 0 Å². The number of para-hydroxylation sites is 2. The predicted molar refractivity (Wildman–Crippen MR) is 100 cm³/mol. The average molecular weight is 365 g/mol. The van der Waals surface area contributed by atoms with Crippen LogP contribution in [0.2, 0.25) is 0 Å². The maximum absolute atomic E-state index is 11.6. The van der Waals surface area contributed by atoms with Crippen molar-refractivity contribution < 1.29 is 13.7 Å². The van der Waals surface area contributed by atoms with Crippen LogP contribution in [0.1, 0.15) is 12.8 Å². The molecular weight excluding hydrogens is 338 g/mol. The van der Waals surface area contributed by atoms with Crippen LogP contribution in [0.3, 0.4) is 0 Å². The summed E-state index contributed by atoms with van der Waals surface area (Å²) >= 11 is 0. The molecule has 1 aromatic rings. The third-order valence-electron chi connectivity index (χ3n) is 4.89. The van der Waals surface area contributed by atoms with E-state index in [1.165, 1.54) is 5.69 Å². The number of carbonyl (C=O) groups is 1. The fourth-order valence-corrected chi connectivity index (χ4v) is 4.62. The Morgan fingerprint density at radius 2 is 1.80 bits per heavy atom. The number of amides is 1. The van der Waals surface area contributed by atoms with Crippen LogP contribution in [0.4, 0.5) is 5.69 Å². The van der Waals surface area contributed by atoms with Crippen molar-refractivity contribution in [3.63, 3.8) is 0 Å². The van der Waals surface area contributed by atoms with E-state index in [1.54, 1.807) is 12.0 Å². The van der Waals surface area contributed by atoms with Crippen molar-refractivity contribution in [1.29, 1.82) is 0 Å². The van der Waals surface area contributed by atoms with E-state index in [0.717, 1.165) is 57.9 Å². The number of ether oxygens (including phenoxy) is 1. The molecular formula is C18H27N3O3S. The molecule has 0 aromatic heterocycles. The number of anilines is 1. The van der Waals surface area contributed by atoms with Gasteiger partial charge in [0, 0.05) is 32.7 Å². The molecule has 2 aliphatic rings. The van der Waals surface area contributed by atoms with Crippen molar-refractivity contribution in [1.82, 2.24) is 9.80 Å². The smallest absolute Gasteiger partial charge is 0.236 e. The highest BCUT2D eigenvalue weighted by molar-refractivity contribution is 7.86. The maximum Gasteiger partial charge on any atom is 0.236 e. The summed E-state index contributed by atoms with van der Waals surface area (Å²) in [6.07, 6.45) is 2.06. The SMILES string of the molecule is COc1ccccc1N1CCN(CCCCN2CS(=O)CC2=O)CC1. The molecule has 2 aliphatic heterocycles. The molecule has 1 amide bonds. The predicted octanol–water partition coefficient (Wildman–Crippen LogP) is 1.15. The van der Waals surface area contributed by atoms with Crippen LogP contribution in [0.5, 0.6) is 5.75 Å². The summed E-state index contributed by atoms with van der Waals surface area (Å²) in [7, 11) is 0.750. The third kappa shape index (κ3) is 4.73. The zero-order valence-electron chi connectivity index (χ0n) is 14.9. The number of nitrogens with zero attached hydrogens (tertiary/aromatic N) is 3. The van der Waals surface area contributed by atoms with Crippen molar-refractivity contribution in [2.24, 2.45) is 0 Å². The van der Waals surface area contributed by atoms with E-state index in [9.17, 15) is 9.00 Å². The van der Waals surface area contributed by atoms with E-state index >= 15 is 0 Å². The third-order valence-corrected chi connectivity index (χ3v) is 6.06. The van der Waals surface area contributed by atoms with Crippen LogP contribution < -0.4 is 9.64 Å². The van der Waals surface area contributed by atoms with Gasteiger partial charge in [0.05, 0.1) is 29.5 Å². The number of methoxy groups -OCH3 is 1. The van der Waals surface area contributed by atoms with Crippen LogP contribution in [0.25, 0.3) is 0 Å². The van der Waals surface area contributed by atoms with Gasteiger partial charge in [0.1, 0.15) is 11.5 Å². The lowest BCUT2D eigenvalue weighted by Crippen LogP contribution is -2.46. The molecule has 0 bridgehead atoms. The molecule has 2 fully saturated rings. The molecule has 2 heterocycles. The molecule has 1 unspecified atom stereocenters. The van der Waals surface area contributed by atoms with Gasteiger partial charge >= 0.3 is 0 Å². The quantitative estimate of drug-likeness (QED) is 0.679. The average Bonchev–Trinajstić information content (AvgIpc) is 2.96. The molecule has 0 saturated carbocycles. The van der Waals surface area contributed by atoms with E-state index in [0.29, 0.717) is 5.88 Å². The highest BCUT2D eigenvalue weighted by atomic mass is 32.2. The summed E-state index contributed by atoms with van der Waals surface area (Å²) in [5.41, 5.74) is 1.17. The first-order valence-corrected chi connectivity index (χ1v) is 10.4. The fourth-order valence-electron chi connectivity index (χ4n) is 3.45. The zero-order valence-corrected chi connectivity index (χ0v) is 15.7. The maximum atomic E-state index is 11.6. The van der Waals surface area contributed by atoms with E-state index in [-0.39, 0.29) is 11.7 Å². The van der Waals surface area contributed by atoms with Gasteiger partial charge in [0.2, 0.25) is 5.91 Å². The second-order valence-corrected chi connectivity index (χ2v) is 8.00. The molecule has 2 saturated heterocycles. The Morgan fingerprint density at radius 3 is 2.48 bits per heavy atom. The van der Waals surface area contributed by atoms with Crippen LogP contribution in [-0.4, -0.2) is 77.9 Å². The number of rotatable bonds is 7. The number of carbonyl (C=O) groups excluding carboxylic acids is 1. The summed E-state index contributed by atoms with van der Waals surface area (Å²) in [5, 5.41) is 0. The number of benzene rings is 1. The first-order valence-electron chi connectivity index (χ1n) is 8.90. The van der Waals surface area contributed by atoms with Gasteiger partial charge < -0.3 is 14.5 Å².